The molecule has 2 aromatic carbocycles. The molecule has 0 spiro atoms. The van der Waals surface area contributed by atoms with E-state index in [0.29, 0.717) is 18.1 Å². The molecule has 0 bridgehead atoms. The molecule has 31 heavy (non-hydrogen) atoms. The first-order valence-electron chi connectivity index (χ1n) is 9.92. The minimum atomic E-state index is -4.35. The van der Waals surface area contributed by atoms with Crippen LogP contribution in [-0.2, 0) is 30.5 Å². The predicted octanol–water partition coefficient (Wildman–Crippen LogP) is 4.02. The van der Waals surface area contributed by atoms with Gasteiger partial charge in [-0.25, -0.2) is 0 Å². The van der Waals surface area contributed by atoms with Crippen LogP contribution in [0.4, 0.5) is 13.2 Å². The SMILES string of the molecule is CN=C(NCc1cccc(CN2CCOCC2)c1)NCc1cccc(C(F)(F)F)c1.I. The highest BCUT2D eigenvalue weighted by atomic mass is 127. The lowest BCUT2D eigenvalue weighted by molar-refractivity contribution is -0.137. The average molecular weight is 548 g/mol. The Bertz CT molecular complexity index is 855. The van der Waals surface area contributed by atoms with Crippen LogP contribution >= 0.6 is 24.0 Å². The molecule has 0 atom stereocenters. The van der Waals surface area contributed by atoms with Crippen molar-refractivity contribution in [2.24, 2.45) is 4.99 Å². The van der Waals surface area contributed by atoms with Gasteiger partial charge in [-0.15, -0.1) is 24.0 Å². The van der Waals surface area contributed by atoms with Crippen LogP contribution < -0.4 is 10.6 Å². The van der Waals surface area contributed by atoms with Crippen LogP contribution in [0.2, 0.25) is 0 Å². The fraction of sp³-hybridized carbons (Fsp3) is 0.409. The van der Waals surface area contributed by atoms with E-state index >= 15 is 0 Å². The number of benzene rings is 2. The normalized spacial score (nSPS) is 15.3. The van der Waals surface area contributed by atoms with Crippen molar-refractivity contribution in [3.05, 3.63) is 70.8 Å². The van der Waals surface area contributed by atoms with Crippen LogP contribution in [0.5, 0.6) is 0 Å². The van der Waals surface area contributed by atoms with Crippen LogP contribution in [0.15, 0.2) is 53.5 Å². The number of hydrogen-bond acceptors (Lipinski definition) is 3. The van der Waals surface area contributed by atoms with Crippen molar-refractivity contribution in [3.8, 4) is 0 Å². The molecule has 1 aliphatic heterocycles. The molecule has 1 heterocycles. The van der Waals surface area contributed by atoms with Gasteiger partial charge in [0, 0.05) is 39.8 Å². The van der Waals surface area contributed by atoms with Gasteiger partial charge in [0.05, 0.1) is 18.8 Å². The first-order valence-corrected chi connectivity index (χ1v) is 9.92. The van der Waals surface area contributed by atoms with Crippen molar-refractivity contribution in [1.82, 2.24) is 15.5 Å². The van der Waals surface area contributed by atoms with E-state index < -0.39 is 11.7 Å². The van der Waals surface area contributed by atoms with Gasteiger partial charge in [0.25, 0.3) is 0 Å². The highest BCUT2D eigenvalue weighted by molar-refractivity contribution is 14.0. The van der Waals surface area contributed by atoms with Gasteiger partial charge >= 0.3 is 6.18 Å². The number of halogens is 4. The van der Waals surface area contributed by atoms with Gasteiger partial charge in [-0.3, -0.25) is 9.89 Å². The van der Waals surface area contributed by atoms with E-state index in [4.69, 9.17) is 4.74 Å². The molecule has 0 unspecified atom stereocenters. The smallest absolute Gasteiger partial charge is 0.379 e. The number of rotatable bonds is 6. The van der Waals surface area contributed by atoms with E-state index in [9.17, 15) is 13.2 Å². The predicted molar refractivity (Wildman–Crippen MR) is 126 cm³/mol. The van der Waals surface area contributed by atoms with Gasteiger partial charge in [-0.05, 0) is 28.8 Å². The maximum absolute atomic E-state index is 12.9. The molecule has 1 fully saturated rings. The molecule has 0 aromatic heterocycles. The molecule has 9 heteroatoms. The summed E-state index contributed by atoms with van der Waals surface area (Å²) in [5, 5.41) is 6.28. The Morgan fingerprint density at radius 2 is 1.55 bits per heavy atom. The summed E-state index contributed by atoms with van der Waals surface area (Å²) in [4.78, 5) is 6.52. The molecular weight excluding hydrogens is 520 g/mol. The van der Waals surface area contributed by atoms with Crippen molar-refractivity contribution in [2.45, 2.75) is 25.8 Å². The monoisotopic (exact) mass is 548 g/mol. The van der Waals surface area contributed by atoms with Crippen LogP contribution in [0.25, 0.3) is 0 Å². The Kier molecular flexibility index (Phi) is 10.0. The number of alkyl halides is 3. The lowest BCUT2D eigenvalue weighted by Gasteiger charge is -2.26. The van der Waals surface area contributed by atoms with Crippen LogP contribution in [0, 0.1) is 0 Å². The van der Waals surface area contributed by atoms with Gasteiger partial charge in [-0.2, -0.15) is 13.2 Å². The van der Waals surface area contributed by atoms with E-state index in [-0.39, 0.29) is 30.5 Å². The van der Waals surface area contributed by atoms with E-state index in [0.717, 1.165) is 50.5 Å². The van der Waals surface area contributed by atoms with Gasteiger partial charge < -0.3 is 15.4 Å². The second kappa shape index (κ2) is 12.3. The maximum atomic E-state index is 12.9. The Morgan fingerprint density at radius 3 is 2.16 bits per heavy atom. The van der Waals surface area contributed by atoms with E-state index in [1.165, 1.54) is 11.6 Å². The summed E-state index contributed by atoms with van der Waals surface area (Å²) < 4.78 is 44.0. The fourth-order valence-electron chi connectivity index (χ4n) is 3.31. The number of hydrogen-bond donors (Lipinski definition) is 2. The molecule has 1 saturated heterocycles. The summed E-state index contributed by atoms with van der Waals surface area (Å²) in [5.74, 6) is 0.533. The van der Waals surface area contributed by atoms with Gasteiger partial charge in [0.2, 0.25) is 0 Å². The van der Waals surface area contributed by atoms with Gasteiger partial charge in [0.15, 0.2) is 5.96 Å². The third-order valence-corrected chi connectivity index (χ3v) is 4.90. The summed E-state index contributed by atoms with van der Waals surface area (Å²) in [6.07, 6.45) is -4.35. The highest BCUT2D eigenvalue weighted by Crippen LogP contribution is 2.29. The maximum Gasteiger partial charge on any atom is 0.416 e. The molecular formula is C22H28F3IN4O. The summed E-state index contributed by atoms with van der Waals surface area (Å²) in [6, 6.07) is 13.6. The molecule has 170 valence electrons. The summed E-state index contributed by atoms with van der Waals surface area (Å²) in [6.45, 7) is 5.13. The highest BCUT2D eigenvalue weighted by Gasteiger charge is 2.30. The topological polar surface area (TPSA) is 48.9 Å². The van der Waals surface area contributed by atoms with Crippen LogP contribution in [0.3, 0.4) is 0 Å². The number of nitrogens with one attached hydrogen (secondary N) is 2. The zero-order valence-electron chi connectivity index (χ0n) is 17.4. The Balaban J connectivity index is 0.00000341. The lowest BCUT2D eigenvalue weighted by Crippen LogP contribution is -2.36. The summed E-state index contributed by atoms with van der Waals surface area (Å²) in [7, 11) is 1.64. The van der Waals surface area contributed by atoms with Crippen molar-refractivity contribution in [1.29, 1.82) is 0 Å². The Labute approximate surface area is 198 Å². The molecule has 0 saturated carbocycles. The second-order valence-electron chi connectivity index (χ2n) is 7.19. The Hall–Kier alpha value is -1.85. The third kappa shape index (κ3) is 8.30. The minimum Gasteiger partial charge on any atom is -0.379 e. The summed E-state index contributed by atoms with van der Waals surface area (Å²) in [5.41, 5.74) is 2.24. The zero-order valence-corrected chi connectivity index (χ0v) is 19.7. The molecule has 3 rings (SSSR count). The first-order chi connectivity index (χ1) is 14.4. The zero-order chi connectivity index (χ0) is 21.4. The standard InChI is InChI=1S/C22H27F3N4O.HI/c1-26-21(28-15-18-5-3-7-20(13-18)22(23,24)25)27-14-17-4-2-6-19(12-17)16-29-8-10-30-11-9-29;/h2-7,12-13H,8-11,14-16H2,1H3,(H2,26,27,28);1H. The second-order valence-corrected chi connectivity index (χ2v) is 7.19. The van der Waals surface area contributed by atoms with Crippen LogP contribution in [0.1, 0.15) is 22.3 Å². The molecule has 5 nitrogen and oxygen atoms in total. The minimum absolute atomic E-state index is 0. The number of nitrogens with zero attached hydrogens (tertiary/aromatic N) is 2. The lowest BCUT2D eigenvalue weighted by atomic mass is 10.1. The number of guanidine groups is 1. The average Bonchev–Trinajstić information content (AvgIpc) is 2.74. The Morgan fingerprint density at radius 1 is 0.968 bits per heavy atom. The van der Waals surface area contributed by atoms with Crippen LogP contribution in [-0.4, -0.2) is 44.2 Å². The molecule has 0 aliphatic carbocycles. The quantitative estimate of drug-likeness (QED) is 0.326. The van der Waals surface area contributed by atoms with Crippen molar-refractivity contribution >= 4 is 29.9 Å². The van der Waals surface area contributed by atoms with Crippen molar-refractivity contribution < 1.29 is 17.9 Å². The molecule has 1 aliphatic rings. The number of ether oxygens (including phenoxy) is 1. The molecule has 0 amide bonds. The molecule has 2 N–H and O–H groups in total. The third-order valence-electron chi connectivity index (χ3n) is 4.90. The first kappa shape index (κ1) is 25.4. The summed E-state index contributed by atoms with van der Waals surface area (Å²) >= 11 is 0. The fourth-order valence-corrected chi connectivity index (χ4v) is 3.31. The van der Waals surface area contributed by atoms with E-state index in [1.807, 2.05) is 12.1 Å². The van der Waals surface area contributed by atoms with E-state index in [2.05, 4.69) is 32.7 Å². The number of aliphatic imine (C=N–C) groups is 1. The molecule has 2 aromatic rings. The van der Waals surface area contributed by atoms with Gasteiger partial charge in [-0.1, -0.05) is 36.4 Å². The van der Waals surface area contributed by atoms with Gasteiger partial charge in [0.1, 0.15) is 0 Å². The largest absolute Gasteiger partial charge is 0.416 e. The van der Waals surface area contributed by atoms with Crippen molar-refractivity contribution in [2.75, 3.05) is 33.4 Å². The van der Waals surface area contributed by atoms with E-state index in [1.54, 1.807) is 13.1 Å². The molecule has 0 radical (unpaired) electrons. The van der Waals surface area contributed by atoms with Crippen molar-refractivity contribution in [3.63, 3.8) is 0 Å². The number of morpholine rings is 1.